The quantitative estimate of drug-likeness (QED) is 0.832. The Hall–Kier alpha value is -0.540. The number of rotatable bonds is 4. The van der Waals surface area contributed by atoms with E-state index in [0.717, 1.165) is 11.3 Å². The number of nitrogens with two attached hydrogens (primary N) is 1. The molecule has 1 aromatic rings. The van der Waals surface area contributed by atoms with Crippen LogP contribution in [0.5, 0.6) is 0 Å². The zero-order valence-electron chi connectivity index (χ0n) is 8.53. The van der Waals surface area contributed by atoms with Crippen LogP contribution in [0.3, 0.4) is 0 Å². The van der Waals surface area contributed by atoms with E-state index in [4.69, 9.17) is 5.73 Å². The number of halogens is 1. The molecule has 0 aliphatic carbocycles. The monoisotopic (exact) mass is 213 g/mol. The minimum absolute atomic E-state index is 0.0433. The van der Waals surface area contributed by atoms with Crippen molar-refractivity contribution in [1.29, 1.82) is 0 Å². The molecule has 1 nitrogen and oxygen atoms in total. The molecule has 0 saturated carbocycles. The molecule has 0 spiro atoms. The van der Waals surface area contributed by atoms with Crippen molar-refractivity contribution >= 4 is 11.8 Å². The molecule has 78 valence electrons. The molecule has 2 unspecified atom stereocenters. The lowest BCUT2D eigenvalue weighted by molar-refractivity contribution is 0.622. The first-order valence-electron chi connectivity index (χ1n) is 4.77. The third-order valence-corrected chi connectivity index (χ3v) is 3.39. The van der Waals surface area contributed by atoms with Gasteiger partial charge in [-0.25, -0.2) is 4.39 Å². The van der Waals surface area contributed by atoms with Gasteiger partial charge in [0.25, 0.3) is 0 Å². The summed E-state index contributed by atoms with van der Waals surface area (Å²) in [6, 6.07) is 6.73. The van der Waals surface area contributed by atoms with Crippen LogP contribution in [0.25, 0.3) is 0 Å². The van der Waals surface area contributed by atoms with Crippen LogP contribution in [-0.4, -0.2) is 11.8 Å². The van der Waals surface area contributed by atoms with E-state index < -0.39 is 0 Å². The first-order valence-corrected chi connectivity index (χ1v) is 5.82. The molecule has 14 heavy (non-hydrogen) atoms. The average Bonchev–Trinajstić information content (AvgIpc) is 2.13. The van der Waals surface area contributed by atoms with E-state index in [9.17, 15) is 4.39 Å². The summed E-state index contributed by atoms with van der Waals surface area (Å²) in [5.41, 5.74) is 6.84. The highest BCUT2D eigenvalue weighted by Gasteiger charge is 2.15. The van der Waals surface area contributed by atoms with Crippen LogP contribution in [0, 0.1) is 5.82 Å². The standard InChI is InChI=1S/C11H16FNS/c1-3-14-11(8(2)13)9-5-4-6-10(12)7-9/h4-8,11H,3,13H2,1-2H3. The van der Waals surface area contributed by atoms with Crippen LogP contribution in [0.1, 0.15) is 24.7 Å². The average molecular weight is 213 g/mol. The summed E-state index contributed by atoms with van der Waals surface area (Å²) in [6.07, 6.45) is 0. The van der Waals surface area contributed by atoms with Crippen molar-refractivity contribution in [3.05, 3.63) is 35.6 Å². The maximum atomic E-state index is 13.0. The van der Waals surface area contributed by atoms with E-state index in [1.54, 1.807) is 23.9 Å². The van der Waals surface area contributed by atoms with Crippen molar-refractivity contribution in [1.82, 2.24) is 0 Å². The Morgan fingerprint density at radius 2 is 2.21 bits per heavy atom. The fourth-order valence-electron chi connectivity index (χ4n) is 1.41. The molecule has 0 fully saturated rings. The second kappa shape index (κ2) is 5.37. The molecular formula is C11H16FNS. The maximum Gasteiger partial charge on any atom is 0.123 e. The second-order valence-electron chi connectivity index (χ2n) is 3.29. The lowest BCUT2D eigenvalue weighted by Gasteiger charge is -2.20. The molecule has 0 aromatic heterocycles. The molecule has 0 radical (unpaired) electrons. The fourth-order valence-corrected chi connectivity index (χ4v) is 2.42. The summed E-state index contributed by atoms with van der Waals surface area (Å²) in [6.45, 7) is 4.04. The summed E-state index contributed by atoms with van der Waals surface area (Å²) < 4.78 is 13.0. The van der Waals surface area contributed by atoms with E-state index in [1.807, 2.05) is 13.0 Å². The Morgan fingerprint density at radius 1 is 1.50 bits per heavy atom. The first-order chi connectivity index (χ1) is 6.65. The molecular weight excluding hydrogens is 197 g/mol. The van der Waals surface area contributed by atoms with Gasteiger partial charge in [-0.1, -0.05) is 19.1 Å². The minimum atomic E-state index is -0.190. The van der Waals surface area contributed by atoms with Crippen LogP contribution in [0.15, 0.2) is 24.3 Å². The van der Waals surface area contributed by atoms with Gasteiger partial charge in [-0.15, -0.1) is 0 Å². The number of hydrogen-bond acceptors (Lipinski definition) is 2. The molecule has 2 atom stereocenters. The van der Waals surface area contributed by atoms with Gasteiger partial charge in [0.2, 0.25) is 0 Å². The van der Waals surface area contributed by atoms with Gasteiger partial charge in [-0.3, -0.25) is 0 Å². The van der Waals surface area contributed by atoms with Crippen molar-refractivity contribution in [2.24, 2.45) is 5.73 Å². The fraction of sp³-hybridized carbons (Fsp3) is 0.455. The lowest BCUT2D eigenvalue weighted by Crippen LogP contribution is -2.22. The van der Waals surface area contributed by atoms with Gasteiger partial charge in [0.05, 0.1) is 0 Å². The highest BCUT2D eigenvalue weighted by molar-refractivity contribution is 7.99. The summed E-state index contributed by atoms with van der Waals surface area (Å²) in [7, 11) is 0. The van der Waals surface area contributed by atoms with Crippen LogP contribution < -0.4 is 5.73 Å². The Kier molecular flexibility index (Phi) is 4.42. The van der Waals surface area contributed by atoms with Gasteiger partial charge < -0.3 is 5.73 Å². The SMILES string of the molecule is CCSC(c1cccc(F)c1)C(C)N. The van der Waals surface area contributed by atoms with Crippen molar-refractivity contribution in [3.63, 3.8) is 0 Å². The summed E-state index contributed by atoms with van der Waals surface area (Å²) in [5.74, 6) is 0.799. The topological polar surface area (TPSA) is 26.0 Å². The van der Waals surface area contributed by atoms with E-state index in [2.05, 4.69) is 6.92 Å². The number of thioether (sulfide) groups is 1. The van der Waals surface area contributed by atoms with Gasteiger partial charge in [-0.2, -0.15) is 11.8 Å². The van der Waals surface area contributed by atoms with Crippen molar-refractivity contribution in [2.75, 3.05) is 5.75 Å². The predicted octanol–water partition coefficient (Wildman–Crippen LogP) is 2.97. The normalized spacial score (nSPS) is 15.1. The number of benzene rings is 1. The van der Waals surface area contributed by atoms with Crippen molar-refractivity contribution in [3.8, 4) is 0 Å². The summed E-state index contributed by atoms with van der Waals surface area (Å²) in [5, 5.41) is 0.190. The second-order valence-corrected chi connectivity index (χ2v) is 4.71. The largest absolute Gasteiger partial charge is 0.327 e. The van der Waals surface area contributed by atoms with E-state index in [1.165, 1.54) is 6.07 Å². The molecule has 0 heterocycles. The third-order valence-electron chi connectivity index (χ3n) is 2.00. The predicted molar refractivity (Wildman–Crippen MR) is 60.9 cm³/mol. The molecule has 3 heteroatoms. The molecule has 0 amide bonds. The smallest absolute Gasteiger partial charge is 0.123 e. The molecule has 2 N–H and O–H groups in total. The molecule has 0 aliphatic rings. The van der Waals surface area contributed by atoms with E-state index in [0.29, 0.717) is 0 Å². The molecule has 1 rings (SSSR count). The highest BCUT2D eigenvalue weighted by Crippen LogP contribution is 2.31. The zero-order valence-corrected chi connectivity index (χ0v) is 9.35. The first kappa shape index (κ1) is 11.5. The van der Waals surface area contributed by atoms with Gasteiger partial charge in [-0.05, 0) is 30.4 Å². The minimum Gasteiger partial charge on any atom is -0.327 e. The summed E-state index contributed by atoms with van der Waals surface area (Å²) >= 11 is 1.75. The molecule has 1 aromatic carbocycles. The van der Waals surface area contributed by atoms with E-state index >= 15 is 0 Å². The van der Waals surface area contributed by atoms with Gasteiger partial charge in [0.1, 0.15) is 5.82 Å². The van der Waals surface area contributed by atoms with Gasteiger partial charge in [0, 0.05) is 11.3 Å². The molecule has 0 bridgehead atoms. The van der Waals surface area contributed by atoms with Crippen molar-refractivity contribution < 1.29 is 4.39 Å². The maximum absolute atomic E-state index is 13.0. The summed E-state index contributed by atoms with van der Waals surface area (Å²) in [4.78, 5) is 0. The lowest BCUT2D eigenvalue weighted by atomic mass is 10.1. The third kappa shape index (κ3) is 3.00. The van der Waals surface area contributed by atoms with Crippen molar-refractivity contribution in [2.45, 2.75) is 25.1 Å². The molecule has 0 aliphatic heterocycles. The Morgan fingerprint density at radius 3 is 2.71 bits per heavy atom. The zero-order chi connectivity index (χ0) is 10.6. The van der Waals surface area contributed by atoms with Crippen LogP contribution in [0.2, 0.25) is 0 Å². The number of hydrogen-bond donors (Lipinski definition) is 1. The van der Waals surface area contributed by atoms with Gasteiger partial charge in [0.15, 0.2) is 0 Å². The Bertz CT molecular complexity index is 288. The van der Waals surface area contributed by atoms with Crippen LogP contribution in [-0.2, 0) is 0 Å². The Balaban J connectivity index is 2.87. The van der Waals surface area contributed by atoms with Crippen LogP contribution >= 0.6 is 11.8 Å². The Labute approximate surface area is 88.9 Å². The van der Waals surface area contributed by atoms with Gasteiger partial charge >= 0.3 is 0 Å². The highest BCUT2D eigenvalue weighted by atomic mass is 32.2. The molecule has 0 saturated heterocycles. The van der Waals surface area contributed by atoms with E-state index in [-0.39, 0.29) is 17.1 Å². The van der Waals surface area contributed by atoms with Crippen LogP contribution in [0.4, 0.5) is 4.39 Å².